The predicted octanol–water partition coefficient (Wildman–Crippen LogP) is 3.26. The van der Waals surface area contributed by atoms with Gasteiger partial charge in [-0.05, 0) is 68.6 Å². The van der Waals surface area contributed by atoms with E-state index in [2.05, 4.69) is 6.58 Å². The van der Waals surface area contributed by atoms with Crippen molar-refractivity contribution in [2.75, 3.05) is 6.61 Å². The Kier molecular flexibility index (Phi) is 2.73. The molecular weight excluding hydrogens is 212 g/mol. The van der Waals surface area contributed by atoms with Crippen LogP contribution in [0.5, 0.6) is 0 Å². The van der Waals surface area contributed by atoms with Crippen LogP contribution in [0.2, 0.25) is 0 Å². The Hall–Kier alpha value is -0.500. The molecule has 4 rings (SSSR count). The summed E-state index contributed by atoms with van der Waals surface area (Å²) in [5, 5.41) is 10.6. The molecule has 2 unspecified atom stereocenters. The lowest BCUT2D eigenvalue weighted by Gasteiger charge is -2.60. The van der Waals surface area contributed by atoms with Crippen LogP contribution in [0.4, 0.5) is 0 Å². The highest BCUT2D eigenvalue weighted by Crippen LogP contribution is 2.63. The molecule has 4 bridgehead atoms. The molecule has 1 N–H and O–H groups in total. The largest absolute Gasteiger partial charge is 0.502 e. The minimum atomic E-state index is -0.302. The third kappa shape index (κ3) is 2.12. The molecule has 0 radical (unpaired) electrons. The van der Waals surface area contributed by atoms with Gasteiger partial charge in [-0.25, -0.2) is 0 Å². The molecule has 17 heavy (non-hydrogen) atoms. The molecule has 0 aliphatic heterocycles. The zero-order chi connectivity index (χ0) is 11.9. The molecule has 0 saturated heterocycles. The van der Waals surface area contributed by atoms with Gasteiger partial charge in [0.25, 0.3) is 0 Å². The monoisotopic (exact) mass is 236 g/mol. The minimum absolute atomic E-state index is 0.302. The summed E-state index contributed by atoms with van der Waals surface area (Å²) >= 11 is 0. The molecule has 4 saturated carbocycles. The van der Waals surface area contributed by atoms with Gasteiger partial charge in [0, 0.05) is 0 Å². The fourth-order valence-corrected chi connectivity index (χ4v) is 5.31. The van der Waals surface area contributed by atoms with Gasteiger partial charge in [0.15, 0.2) is 0 Å². The lowest BCUT2D eigenvalue weighted by molar-refractivity contribution is -0.166. The fraction of sp³-hybridized carbons (Fsp3) is 0.867. The molecule has 2 heteroatoms. The van der Waals surface area contributed by atoms with E-state index in [1.54, 1.807) is 0 Å². The van der Waals surface area contributed by atoms with Gasteiger partial charge in [0.05, 0.1) is 18.5 Å². The van der Waals surface area contributed by atoms with Gasteiger partial charge in [-0.1, -0.05) is 6.58 Å². The smallest absolute Gasteiger partial charge is 0.0873 e. The lowest BCUT2D eigenvalue weighted by atomic mass is 9.47. The van der Waals surface area contributed by atoms with Crippen LogP contribution in [0.25, 0.3) is 0 Å². The Labute approximate surface area is 104 Å². The average Bonchev–Trinajstić information content (AvgIpc) is 2.21. The normalized spacial score (nSPS) is 47.1. The Morgan fingerprint density at radius 2 is 1.94 bits per heavy atom. The second-order valence-electron chi connectivity index (χ2n) is 6.83. The summed E-state index contributed by atoms with van der Waals surface area (Å²) in [4.78, 5) is 0. The minimum Gasteiger partial charge on any atom is -0.502 e. The molecule has 96 valence electrons. The number of hydrogen-bond acceptors (Lipinski definition) is 2. The first-order chi connectivity index (χ1) is 8.13. The van der Waals surface area contributed by atoms with E-state index >= 15 is 0 Å². The van der Waals surface area contributed by atoms with Crippen LogP contribution in [0.3, 0.4) is 0 Å². The maximum atomic E-state index is 10.6. The molecule has 0 amide bonds. The van der Waals surface area contributed by atoms with Gasteiger partial charge in [-0.15, -0.1) is 0 Å². The summed E-state index contributed by atoms with van der Waals surface area (Å²) < 4.78 is 5.22. The summed E-state index contributed by atoms with van der Waals surface area (Å²) in [5.74, 6) is 1.61. The molecule has 0 aromatic heterocycles. The fourth-order valence-electron chi connectivity index (χ4n) is 5.31. The first kappa shape index (κ1) is 11.6. The third-order valence-corrected chi connectivity index (χ3v) is 5.24. The maximum absolute atomic E-state index is 10.6. The third-order valence-electron chi connectivity index (χ3n) is 5.24. The average molecular weight is 236 g/mol. The van der Waals surface area contributed by atoms with E-state index in [0.717, 1.165) is 44.1 Å². The van der Waals surface area contributed by atoms with Gasteiger partial charge in [0.2, 0.25) is 0 Å². The van der Waals surface area contributed by atoms with Crippen molar-refractivity contribution in [2.24, 2.45) is 17.3 Å². The predicted molar refractivity (Wildman–Crippen MR) is 67.4 cm³/mol. The van der Waals surface area contributed by atoms with Crippen molar-refractivity contribution in [3.63, 3.8) is 0 Å². The summed E-state index contributed by atoms with van der Waals surface area (Å²) in [6.07, 6.45) is 11.2. The van der Waals surface area contributed by atoms with Crippen LogP contribution >= 0.6 is 0 Å². The van der Waals surface area contributed by atoms with Crippen LogP contribution in [-0.4, -0.2) is 17.3 Å². The van der Waals surface area contributed by atoms with Crippen molar-refractivity contribution in [3.8, 4) is 0 Å². The lowest BCUT2D eigenvalue weighted by Crippen LogP contribution is -2.55. The van der Waals surface area contributed by atoms with Crippen LogP contribution in [0, 0.1) is 17.3 Å². The highest BCUT2D eigenvalue weighted by molar-refractivity contribution is 5.08. The summed E-state index contributed by atoms with van der Waals surface area (Å²) in [5.41, 5.74) is 0.146. The number of rotatable bonds is 5. The zero-order valence-corrected chi connectivity index (χ0v) is 10.7. The Bertz CT molecular complexity index is 296. The van der Waals surface area contributed by atoms with Crippen molar-refractivity contribution in [1.82, 2.24) is 0 Å². The zero-order valence-electron chi connectivity index (χ0n) is 10.7. The van der Waals surface area contributed by atoms with Crippen molar-refractivity contribution >= 4 is 0 Å². The molecule has 2 atom stereocenters. The number of aliphatic hydroxyl groups is 1. The Morgan fingerprint density at radius 1 is 1.24 bits per heavy atom. The van der Waals surface area contributed by atoms with E-state index < -0.39 is 0 Å². The van der Waals surface area contributed by atoms with E-state index in [9.17, 15) is 5.11 Å². The summed E-state index contributed by atoms with van der Waals surface area (Å²) in [7, 11) is 0. The van der Waals surface area contributed by atoms with Crippen LogP contribution in [0.1, 0.15) is 51.4 Å². The number of ether oxygens (including phenoxy) is 1. The highest BCUT2D eigenvalue weighted by atomic mass is 16.5. The first-order valence-electron chi connectivity index (χ1n) is 7.08. The summed E-state index contributed by atoms with van der Waals surface area (Å²) in [6.45, 7) is 4.36. The molecule has 4 aliphatic rings. The molecule has 4 fully saturated rings. The van der Waals surface area contributed by atoms with Gasteiger partial charge in [-0.2, -0.15) is 0 Å². The van der Waals surface area contributed by atoms with Crippen LogP contribution in [-0.2, 0) is 4.74 Å². The SMILES string of the molecule is C=COCCCC12CC3CC(CC(O)(C3)C1)C2. The molecule has 4 aliphatic carbocycles. The van der Waals surface area contributed by atoms with Gasteiger partial charge in [-0.3, -0.25) is 0 Å². The molecule has 0 heterocycles. The second-order valence-corrected chi connectivity index (χ2v) is 6.83. The topological polar surface area (TPSA) is 29.5 Å². The van der Waals surface area contributed by atoms with E-state index in [0.29, 0.717) is 5.41 Å². The van der Waals surface area contributed by atoms with Crippen molar-refractivity contribution in [2.45, 2.75) is 57.0 Å². The molecule has 0 aromatic carbocycles. The van der Waals surface area contributed by atoms with E-state index in [1.165, 1.54) is 31.9 Å². The van der Waals surface area contributed by atoms with E-state index in [-0.39, 0.29) is 5.60 Å². The molecule has 0 aromatic rings. The second kappa shape index (κ2) is 4.01. The molecular formula is C15H24O2. The quantitative estimate of drug-likeness (QED) is 0.586. The Balaban J connectivity index is 1.64. The van der Waals surface area contributed by atoms with Crippen molar-refractivity contribution in [1.29, 1.82) is 0 Å². The van der Waals surface area contributed by atoms with E-state index in [4.69, 9.17) is 4.74 Å². The van der Waals surface area contributed by atoms with Crippen LogP contribution < -0.4 is 0 Å². The highest BCUT2D eigenvalue weighted by Gasteiger charge is 2.56. The van der Waals surface area contributed by atoms with Gasteiger partial charge in [0.1, 0.15) is 0 Å². The summed E-state index contributed by atoms with van der Waals surface area (Å²) in [6, 6.07) is 0. The standard InChI is InChI=1S/C15H24O2/c1-2-17-5-3-4-14-7-12-6-13(8-14)10-15(16,9-12)11-14/h2,12-13,16H,1,3-11H2. The van der Waals surface area contributed by atoms with E-state index in [1.807, 2.05) is 0 Å². The van der Waals surface area contributed by atoms with Gasteiger partial charge < -0.3 is 9.84 Å². The Morgan fingerprint density at radius 3 is 2.53 bits per heavy atom. The van der Waals surface area contributed by atoms with Gasteiger partial charge >= 0.3 is 0 Å². The first-order valence-corrected chi connectivity index (χ1v) is 7.08. The maximum Gasteiger partial charge on any atom is 0.0873 e. The van der Waals surface area contributed by atoms with Crippen molar-refractivity contribution < 1.29 is 9.84 Å². The van der Waals surface area contributed by atoms with Crippen molar-refractivity contribution in [3.05, 3.63) is 12.8 Å². The molecule has 0 spiro atoms. The molecule has 2 nitrogen and oxygen atoms in total. The van der Waals surface area contributed by atoms with Crippen LogP contribution in [0.15, 0.2) is 12.8 Å². The number of hydrogen-bond donors (Lipinski definition) is 1.